The Kier molecular flexibility index (Phi) is 5.70. The van der Waals surface area contributed by atoms with Gasteiger partial charge in [0.05, 0.1) is 5.39 Å². The van der Waals surface area contributed by atoms with Crippen LogP contribution in [-0.2, 0) is 0 Å². The van der Waals surface area contributed by atoms with Crippen LogP contribution in [0.25, 0.3) is 21.9 Å². The highest BCUT2D eigenvalue weighted by Gasteiger charge is 2.31. The topological polar surface area (TPSA) is 53.8 Å². The van der Waals surface area contributed by atoms with Crippen LogP contribution in [0.4, 0.5) is 5.69 Å². The molecule has 1 aliphatic heterocycles. The fraction of sp³-hybridized carbons (Fsp3) is 0.241. The second-order valence-corrected chi connectivity index (χ2v) is 9.14. The van der Waals surface area contributed by atoms with Crippen molar-refractivity contribution >= 4 is 22.4 Å². The van der Waals surface area contributed by atoms with Crippen molar-refractivity contribution in [2.24, 2.45) is 0 Å². The predicted octanol–water partition coefficient (Wildman–Crippen LogP) is 5.43. The number of carbonyl (C=O) groups is 1. The van der Waals surface area contributed by atoms with Gasteiger partial charge in [-0.25, -0.2) is 4.79 Å². The van der Waals surface area contributed by atoms with Crippen molar-refractivity contribution in [1.82, 2.24) is 4.90 Å². The summed E-state index contributed by atoms with van der Waals surface area (Å²) in [6.45, 7) is 8.06. The van der Waals surface area contributed by atoms with E-state index in [1.165, 1.54) is 5.56 Å². The largest absolute Gasteiger partial charge is 0.416 e. The number of benzene rings is 3. The quantitative estimate of drug-likeness (QED) is 0.416. The van der Waals surface area contributed by atoms with E-state index in [4.69, 9.17) is 4.42 Å². The molecule has 1 fully saturated rings. The molecule has 4 aromatic rings. The van der Waals surface area contributed by atoms with Gasteiger partial charge in [-0.2, -0.15) is 0 Å². The van der Waals surface area contributed by atoms with Crippen molar-refractivity contribution in [3.05, 3.63) is 100 Å². The summed E-state index contributed by atoms with van der Waals surface area (Å²) in [7, 11) is 0. The first-order chi connectivity index (χ1) is 16.4. The second kappa shape index (κ2) is 8.82. The zero-order chi connectivity index (χ0) is 23.8. The summed E-state index contributed by atoms with van der Waals surface area (Å²) in [4.78, 5) is 30.7. The third-order valence-electron chi connectivity index (χ3n) is 6.62. The molecule has 1 atom stereocenters. The van der Waals surface area contributed by atoms with Crippen molar-refractivity contribution in [2.45, 2.75) is 26.8 Å². The highest BCUT2D eigenvalue weighted by molar-refractivity contribution is 6.07. The molecule has 1 saturated heterocycles. The van der Waals surface area contributed by atoms with Crippen LogP contribution in [0.15, 0.2) is 82.0 Å². The van der Waals surface area contributed by atoms with Gasteiger partial charge in [-0.15, -0.1) is 0 Å². The minimum absolute atomic E-state index is 0.115. The normalized spacial score (nSPS) is 16.1. The van der Waals surface area contributed by atoms with Crippen LogP contribution in [-0.4, -0.2) is 36.5 Å². The molecule has 1 aliphatic rings. The zero-order valence-corrected chi connectivity index (χ0v) is 19.7. The summed E-state index contributed by atoms with van der Waals surface area (Å²) >= 11 is 0. The fourth-order valence-corrected chi connectivity index (χ4v) is 4.83. The van der Waals surface area contributed by atoms with Gasteiger partial charge in [-0.3, -0.25) is 4.79 Å². The van der Waals surface area contributed by atoms with E-state index >= 15 is 0 Å². The predicted molar refractivity (Wildman–Crippen MR) is 137 cm³/mol. The van der Waals surface area contributed by atoms with Crippen LogP contribution in [0.5, 0.6) is 0 Å². The van der Waals surface area contributed by atoms with E-state index in [1.807, 2.05) is 54.3 Å². The van der Waals surface area contributed by atoms with Gasteiger partial charge in [-0.05, 0) is 50.1 Å². The molecule has 0 aliphatic carbocycles. The van der Waals surface area contributed by atoms with Crippen LogP contribution >= 0.6 is 0 Å². The maximum atomic E-state index is 13.8. The van der Waals surface area contributed by atoms with E-state index in [2.05, 4.69) is 43.0 Å². The third kappa shape index (κ3) is 3.98. The average molecular weight is 453 g/mol. The molecule has 1 amide bonds. The summed E-state index contributed by atoms with van der Waals surface area (Å²) < 4.78 is 5.72. The van der Waals surface area contributed by atoms with Crippen LogP contribution in [0, 0.1) is 13.8 Å². The molecule has 5 nitrogen and oxygen atoms in total. The van der Waals surface area contributed by atoms with Crippen molar-refractivity contribution < 1.29 is 9.21 Å². The lowest BCUT2D eigenvalue weighted by molar-refractivity contribution is 0.0691. The number of amides is 1. The van der Waals surface area contributed by atoms with Gasteiger partial charge in [0.1, 0.15) is 0 Å². The molecule has 5 rings (SSSR count). The van der Waals surface area contributed by atoms with Gasteiger partial charge in [0, 0.05) is 42.3 Å². The molecule has 0 bridgehead atoms. The molecule has 172 valence electrons. The zero-order valence-electron chi connectivity index (χ0n) is 19.7. The number of hydrogen-bond acceptors (Lipinski definition) is 4. The maximum Gasteiger partial charge on any atom is 0.344 e. The van der Waals surface area contributed by atoms with Gasteiger partial charge in [0.15, 0.2) is 0 Å². The molecular weight excluding hydrogens is 424 g/mol. The smallest absolute Gasteiger partial charge is 0.344 e. The summed E-state index contributed by atoms with van der Waals surface area (Å²) in [5, 5.41) is 1.21. The molecule has 0 saturated carbocycles. The monoisotopic (exact) mass is 452 g/mol. The number of fused-ring (bicyclic) bond motifs is 1. The Morgan fingerprint density at radius 3 is 2.32 bits per heavy atom. The van der Waals surface area contributed by atoms with E-state index in [0.717, 1.165) is 22.2 Å². The second-order valence-electron chi connectivity index (χ2n) is 9.14. The van der Waals surface area contributed by atoms with Crippen molar-refractivity contribution in [3.63, 3.8) is 0 Å². The summed E-state index contributed by atoms with van der Waals surface area (Å²) in [5.41, 5.74) is 4.55. The van der Waals surface area contributed by atoms with Gasteiger partial charge in [0.25, 0.3) is 5.91 Å². The number of nitrogens with zero attached hydrogens (tertiary/aromatic N) is 2. The Labute approximate surface area is 199 Å². The van der Waals surface area contributed by atoms with E-state index in [0.29, 0.717) is 30.6 Å². The fourth-order valence-electron chi connectivity index (χ4n) is 4.83. The first-order valence-corrected chi connectivity index (χ1v) is 11.7. The maximum absolute atomic E-state index is 13.8. The number of rotatable bonds is 3. The van der Waals surface area contributed by atoms with Gasteiger partial charge in [-0.1, -0.05) is 60.2 Å². The number of piperazine rings is 1. The lowest BCUT2D eigenvalue weighted by Gasteiger charge is -2.41. The third-order valence-corrected chi connectivity index (χ3v) is 6.62. The Morgan fingerprint density at radius 1 is 0.882 bits per heavy atom. The Hall–Kier alpha value is -3.86. The minimum Gasteiger partial charge on any atom is -0.416 e. The molecule has 1 aromatic heterocycles. The Morgan fingerprint density at radius 2 is 1.62 bits per heavy atom. The van der Waals surface area contributed by atoms with E-state index < -0.39 is 5.63 Å². The summed E-state index contributed by atoms with van der Waals surface area (Å²) in [6.07, 6.45) is 0. The van der Waals surface area contributed by atoms with E-state index in [-0.39, 0.29) is 17.7 Å². The van der Waals surface area contributed by atoms with Crippen LogP contribution in [0.3, 0.4) is 0 Å². The number of hydrogen-bond donors (Lipinski definition) is 0. The molecule has 34 heavy (non-hydrogen) atoms. The van der Waals surface area contributed by atoms with Crippen molar-refractivity contribution in [1.29, 1.82) is 0 Å². The van der Waals surface area contributed by atoms with E-state index in [9.17, 15) is 9.59 Å². The summed E-state index contributed by atoms with van der Waals surface area (Å²) in [6, 6.07) is 23.9. The van der Waals surface area contributed by atoms with Crippen LogP contribution < -0.4 is 10.5 Å². The molecule has 3 aromatic carbocycles. The molecular formula is C29H28N2O3. The average Bonchev–Trinajstić information content (AvgIpc) is 2.84. The molecule has 5 heteroatoms. The van der Waals surface area contributed by atoms with Gasteiger partial charge >= 0.3 is 5.63 Å². The van der Waals surface area contributed by atoms with Gasteiger partial charge in [0.2, 0.25) is 5.76 Å². The van der Waals surface area contributed by atoms with E-state index in [1.54, 1.807) is 6.07 Å². The highest BCUT2D eigenvalue weighted by atomic mass is 16.4. The number of aryl methyl sites for hydroxylation is 2. The minimum atomic E-state index is -0.485. The number of anilines is 1. The molecule has 0 spiro atoms. The van der Waals surface area contributed by atoms with Gasteiger partial charge < -0.3 is 14.2 Å². The van der Waals surface area contributed by atoms with Crippen molar-refractivity contribution in [3.8, 4) is 11.1 Å². The first-order valence-electron chi connectivity index (χ1n) is 11.7. The highest BCUT2D eigenvalue weighted by Crippen LogP contribution is 2.32. The Bertz CT molecular complexity index is 1420. The first kappa shape index (κ1) is 22.0. The molecule has 0 N–H and O–H groups in total. The van der Waals surface area contributed by atoms with Crippen LogP contribution in [0.2, 0.25) is 0 Å². The van der Waals surface area contributed by atoms with Crippen molar-refractivity contribution in [2.75, 3.05) is 24.5 Å². The standard InChI is InChI=1S/C29H28N2O3/c1-19-11-13-22(14-12-19)26-24-9-4-5-10-25(24)29(33)34-27(26)28(32)30-15-16-31(21(3)18-30)23-8-6-7-20(2)17-23/h4-14,17,21H,15-16,18H2,1-3H3/t21-/m0/s1. The molecule has 0 unspecified atom stereocenters. The summed E-state index contributed by atoms with van der Waals surface area (Å²) in [5.74, 6) is -0.127. The number of carbonyl (C=O) groups excluding carboxylic acids is 1. The SMILES string of the molecule is Cc1ccc(-c2c(C(=O)N3CCN(c4cccc(C)c4)[C@@H](C)C3)oc(=O)c3ccccc23)cc1. The van der Waals surface area contributed by atoms with Crippen LogP contribution in [0.1, 0.15) is 28.6 Å². The lowest BCUT2D eigenvalue weighted by Crippen LogP contribution is -2.54. The molecule has 0 radical (unpaired) electrons. The lowest BCUT2D eigenvalue weighted by atomic mass is 9.97. The Balaban J connectivity index is 1.53. The molecule has 2 heterocycles.